The van der Waals surface area contributed by atoms with E-state index in [1.165, 1.54) is 6.33 Å². The monoisotopic (exact) mass is 473 g/mol. The molecule has 0 atom stereocenters. The zero-order valence-corrected chi connectivity index (χ0v) is 20.1. The molecule has 0 saturated heterocycles. The van der Waals surface area contributed by atoms with Gasteiger partial charge in [-0.15, -0.1) is 0 Å². The van der Waals surface area contributed by atoms with E-state index < -0.39 is 11.5 Å². The predicted molar refractivity (Wildman–Crippen MR) is 133 cm³/mol. The normalized spacial score (nSPS) is 10.9. The van der Waals surface area contributed by atoms with Gasteiger partial charge in [-0.1, -0.05) is 35.9 Å². The molecule has 0 unspecified atom stereocenters. The Morgan fingerprint density at radius 1 is 1.06 bits per heavy atom. The molecule has 4 rings (SSSR count). The van der Waals surface area contributed by atoms with Crippen molar-refractivity contribution in [3.63, 3.8) is 0 Å². The number of methoxy groups -OCH3 is 1. The zero-order chi connectivity index (χ0) is 25.1. The summed E-state index contributed by atoms with van der Waals surface area (Å²) in [5.41, 5.74) is 4.11. The van der Waals surface area contributed by atoms with Crippen molar-refractivity contribution in [3.8, 4) is 5.75 Å². The van der Waals surface area contributed by atoms with Crippen molar-refractivity contribution in [1.82, 2.24) is 19.5 Å². The topological polar surface area (TPSA) is 107 Å². The number of rotatable bonds is 7. The molecule has 2 aromatic heterocycles. The van der Waals surface area contributed by atoms with Crippen LogP contribution < -0.4 is 20.9 Å². The summed E-state index contributed by atoms with van der Waals surface area (Å²) in [6, 6.07) is 14.8. The minimum atomic E-state index is -0.452. The number of ether oxygens (including phenoxy) is 1. The van der Waals surface area contributed by atoms with Gasteiger partial charge in [0.05, 0.1) is 12.7 Å². The molecule has 2 amide bonds. The number of carbonyl (C=O) groups excluding carboxylic acids is 2. The predicted octanol–water partition coefficient (Wildman–Crippen LogP) is 3.00. The molecule has 9 heteroatoms. The molecule has 0 radical (unpaired) electrons. The number of hydrogen-bond donors (Lipinski definition) is 2. The summed E-state index contributed by atoms with van der Waals surface area (Å²) in [6.07, 6.45) is 1.45. The smallest absolute Gasteiger partial charge is 0.291 e. The highest BCUT2D eigenvalue weighted by atomic mass is 16.5. The molecule has 180 valence electrons. The number of carbonyl (C=O) groups is 2. The SMILES string of the molecule is COc1cccc(NC(=O)Cn2ncn3c(C)c(C(=O)NCc4ccc(C)cc4)c(C)c3c2=O)c1. The van der Waals surface area contributed by atoms with Gasteiger partial charge in [-0.2, -0.15) is 5.10 Å². The standard InChI is InChI=1S/C26H27N5O4/c1-16-8-10-19(11-9-16)13-27-25(33)23-17(2)24-26(34)31(28-15-30(24)18(23)3)14-22(32)29-20-6-5-7-21(12-20)35-4/h5-12,15H,13-14H2,1-4H3,(H,27,33)(H,29,32). The molecule has 0 bridgehead atoms. The summed E-state index contributed by atoms with van der Waals surface area (Å²) in [7, 11) is 1.54. The summed E-state index contributed by atoms with van der Waals surface area (Å²) in [4.78, 5) is 38.7. The van der Waals surface area contributed by atoms with E-state index in [4.69, 9.17) is 4.74 Å². The van der Waals surface area contributed by atoms with Gasteiger partial charge in [0, 0.05) is 24.0 Å². The Labute approximate surface area is 202 Å². The van der Waals surface area contributed by atoms with Crippen LogP contribution in [0.4, 0.5) is 5.69 Å². The number of nitrogens with one attached hydrogen (secondary N) is 2. The van der Waals surface area contributed by atoms with Gasteiger partial charge in [0.15, 0.2) is 0 Å². The van der Waals surface area contributed by atoms with E-state index in [0.29, 0.717) is 40.3 Å². The summed E-state index contributed by atoms with van der Waals surface area (Å²) in [6.45, 7) is 5.60. The van der Waals surface area contributed by atoms with Gasteiger partial charge in [-0.25, -0.2) is 4.68 Å². The van der Waals surface area contributed by atoms with E-state index >= 15 is 0 Å². The first kappa shape index (κ1) is 23.7. The van der Waals surface area contributed by atoms with Gasteiger partial charge in [0.2, 0.25) is 5.91 Å². The van der Waals surface area contributed by atoms with Crippen LogP contribution in [0.3, 0.4) is 0 Å². The summed E-state index contributed by atoms with van der Waals surface area (Å²) in [5.74, 6) is -0.0767. The highest BCUT2D eigenvalue weighted by Gasteiger charge is 2.22. The number of anilines is 1. The molecule has 0 aliphatic rings. The lowest BCUT2D eigenvalue weighted by molar-refractivity contribution is -0.117. The van der Waals surface area contributed by atoms with E-state index in [-0.39, 0.29) is 12.5 Å². The van der Waals surface area contributed by atoms with Crippen molar-refractivity contribution in [3.05, 3.63) is 93.2 Å². The third-order valence-corrected chi connectivity index (χ3v) is 5.89. The Hall–Kier alpha value is -4.40. The Morgan fingerprint density at radius 2 is 1.80 bits per heavy atom. The second-order valence-corrected chi connectivity index (χ2v) is 8.35. The van der Waals surface area contributed by atoms with E-state index in [9.17, 15) is 14.4 Å². The van der Waals surface area contributed by atoms with E-state index in [2.05, 4.69) is 15.7 Å². The quantitative estimate of drug-likeness (QED) is 0.429. The molecule has 0 spiro atoms. The van der Waals surface area contributed by atoms with Crippen molar-refractivity contribution in [2.75, 3.05) is 12.4 Å². The number of nitrogens with zero attached hydrogens (tertiary/aromatic N) is 3. The highest BCUT2D eigenvalue weighted by Crippen LogP contribution is 2.20. The van der Waals surface area contributed by atoms with Crippen LogP contribution in [0.25, 0.3) is 5.52 Å². The molecular weight excluding hydrogens is 446 g/mol. The van der Waals surface area contributed by atoms with Crippen LogP contribution in [0.1, 0.15) is 32.7 Å². The third-order valence-electron chi connectivity index (χ3n) is 5.89. The Kier molecular flexibility index (Phi) is 6.68. The number of hydrogen-bond acceptors (Lipinski definition) is 5. The molecule has 0 saturated carbocycles. The summed E-state index contributed by atoms with van der Waals surface area (Å²) in [5, 5.41) is 9.81. The first-order valence-electron chi connectivity index (χ1n) is 11.1. The molecular formula is C26H27N5O4. The molecule has 2 aromatic carbocycles. The number of fused-ring (bicyclic) bond motifs is 1. The van der Waals surface area contributed by atoms with Crippen LogP contribution in [0, 0.1) is 20.8 Å². The number of aryl methyl sites for hydroxylation is 3. The average Bonchev–Trinajstić information content (AvgIpc) is 3.10. The second kappa shape index (κ2) is 9.84. The fraction of sp³-hybridized carbons (Fsp3) is 0.231. The molecule has 2 heterocycles. The average molecular weight is 474 g/mol. The Morgan fingerprint density at radius 3 is 2.51 bits per heavy atom. The van der Waals surface area contributed by atoms with Crippen LogP contribution in [0.15, 0.2) is 59.7 Å². The van der Waals surface area contributed by atoms with Gasteiger partial charge in [-0.3, -0.25) is 18.8 Å². The first-order chi connectivity index (χ1) is 16.8. The summed E-state index contributed by atoms with van der Waals surface area (Å²) >= 11 is 0. The molecule has 2 N–H and O–H groups in total. The lowest BCUT2D eigenvalue weighted by atomic mass is 10.1. The van der Waals surface area contributed by atoms with E-state index in [1.54, 1.807) is 49.6 Å². The van der Waals surface area contributed by atoms with Crippen molar-refractivity contribution in [2.45, 2.75) is 33.9 Å². The molecule has 4 aromatic rings. The van der Waals surface area contributed by atoms with Gasteiger partial charge in [0.1, 0.15) is 24.1 Å². The molecule has 0 fully saturated rings. The lowest BCUT2D eigenvalue weighted by Gasteiger charge is -2.08. The Balaban J connectivity index is 1.56. The van der Waals surface area contributed by atoms with Crippen molar-refractivity contribution >= 4 is 23.0 Å². The fourth-order valence-corrected chi connectivity index (χ4v) is 4.02. The summed E-state index contributed by atoms with van der Waals surface area (Å²) < 4.78 is 7.84. The van der Waals surface area contributed by atoms with Gasteiger partial charge in [-0.05, 0) is 44.0 Å². The molecule has 0 aliphatic heterocycles. The third kappa shape index (κ3) is 4.93. The van der Waals surface area contributed by atoms with Crippen LogP contribution >= 0.6 is 0 Å². The van der Waals surface area contributed by atoms with Crippen LogP contribution in [-0.4, -0.2) is 33.1 Å². The van der Waals surface area contributed by atoms with Crippen LogP contribution in [-0.2, 0) is 17.9 Å². The minimum Gasteiger partial charge on any atom is -0.497 e. The Bertz CT molecular complexity index is 1470. The maximum absolute atomic E-state index is 13.2. The second-order valence-electron chi connectivity index (χ2n) is 8.35. The molecule has 35 heavy (non-hydrogen) atoms. The van der Waals surface area contributed by atoms with E-state index in [1.807, 2.05) is 31.2 Å². The van der Waals surface area contributed by atoms with Crippen LogP contribution in [0.5, 0.6) is 5.75 Å². The highest BCUT2D eigenvalue weighted by molar-refractivity contribution is 5.99. The minimum absolute atomic E-state index is 0.272. The molecule has 0 aliphatic carbocycles. The van der Waals surface area contributed by atoms with Crippen molar-refractivity contribution in [1.29, 1.82) is 0 Å². The van der Waals surface area contributed by atoms with Gasteiger partial charge < -0.3 is 15.4 Å². The zero-order valence-electron chi connectivity index (χ0n) is 20.1. The fourth-order valence-electron chi connectivity index (χ4n) is 4.02. The van der Waals surface area contributed by atoms with Crippen molar-refractivity contribution < 1.29 is 14.3 Å². The maximum atomic E-state index is 13.2. The number of benzene rings is 2. The van der Waals surface area contributed by atoms with Gasteiger partial charge >= 0.3 is 0 Å². The maximum Gasteiger partial charge on any atom is 0.291 e. The van der Waals surface area contributed by atoms with Crippen LogP contribution in [0.2, 0.25) is 0 Å². The largest absolute Gasteiger partial charge is 0.497 e. The number of aromatic nitrogens is 3. The molecule has 9 nitrogen and oxygen atoms in total. The lowest BCUT2D eigenvalue weighted by Crippen LogP contribution is -2.30. The van der Waals surface area contributed by atoms with E-state index in [0.717, 1.165) is 15.8 Å². The number of amides is 2. The van der Waals surface area contributed by atoms with Gasteiger partial charge in [0.25, 0.3) is 11.5 Å². The van der Waals surface area contributed by atoms with Crippen molar-refractivity contribution in [2.24, 2.45) is 0 Å². The first-order valence-corrected chi connectivity index (χ1v) is 11.1.